The van der Waals surface area contributed by atoms with Gasteiger partial charge in [-0.3, -0.25) is 4.68 Å². The average Bonchev–Trinajstić information content (AvgIpc) is 2.79. The number of thiocarbonyl (C=S) groups is 1. The minimum absolute atomic E-state index is 0.524. The Labute approximate surface area is 139 Å². The maximum absolute atomic E-state index is 6.16. The Morgan fingerprint density at radius 1 is 1.29 bits per heavy atom. The summed E-state index contributed by atoms with van der Waals surface area (Å²) < 4.78 is 1.76. The molecule has 4 nitrogen and oxygen atoms in total. The smallest absolute Gasteiger partial charge is 0.173 e. The molecule has 0 unspecified atom stereocenters. The van der Waals surface area contributed by atoms with Crippen molar-refractivity contribution in [1.29, 1.82) is 0 Å². The number of hydrogen-bond donors (Lipinski definition) is 2. The molecule has 1 aromatic carbocycles. The van der Waals surface area contributed by atoms with Gasteiger partial charge in [0.2, 0.25) is 0 Å². The molecule has 0 atom stereocenters. The van der Waals surface area contributed by atoms with Gasteiger partial charge in [0.25, 0.3) is 0 Å². The fourth-order valence-corrected chi connectivity index (χ4v) is 2.25. The summed E-state index contributed by atoms with van der Waals surface area (Å²) in [5.41, 5.74) is 1.09. The molecule has 0 aliphatic heterocycles. The van der Waals surface area contributed by atoms with Crippen LogP contribution in [0.25, 0.3) is 0 Å². The van der Waals surface area contributed by atoms with Crippen molar-refractivity contribution < 1.29 is 0 Å². The van der Waals surface area contributed by atoms with Gasteiger partial charge in [-0.2, -0.15) is 5.10 Å². The number of hydrogen-bond acceptors (Lipinski definition) is 2. The van der Waals surface area contributed by atoms with Gasteiger partial charge < -0.3 is 10.6 Å². The fraction of sp³-hybridized carbons (Fsp3) is 0.286. The van der Waals surface area contributed by atoms with Crippen LogP contribution in [0.3, 0.4) is 0 Å². The Hall–Kier alpha value is -1.30. The monoisotopic (exact) mass is 342 g/mol. The molecule has 2 rings (SSSR count). The Kier molecular flexibility index (Phi) is 5.85. The second-order valence-corrected chi connectivity index (χ2v) is 5.78. The highest BCUT2D eigenvalue weighted by atomic mass is 35.5. The number of nitrogens with one attached hydrogen (secondary N) is 2. The van der Waals surface area contributed by atoms with E-state index in [1.807, 2.05) is 24.3 Å². The number of rotatable bonds is 5. The molecule has 112 valence electrons. The molecule has 0 spiro atoms. The van der Waals surface area contributed by atoms with Crippen LogP contribution in [0.1, 0.15) is 18.9 Å². The van der Waals surface area contributed by atoms with Gasteiger partial charge in [0.15, 0.2) is 10.9 Å². The van der Waals surface area contributed by atoms with E-state index in [9.17, 15) is 0 Å². The number of benzene rings is 1. The van der Waals surface area contributed by atoms with E-state index in [1.165, 1.54) is 0 Å². The third kappa shape index (κ3) is 4.88. The predicted octanol–water partition coefficient (Wildman–Crippen LogP) is 3.93. The SMILES string of the molecule is CCCNC(=S)Nc1nn(Cc2ccc(Cl)cc2)cc1Cl. The van der Waals surface area contributed by atoms with Crippen molar-refractivity contribution >= 4 is 46.4 Å². The molecule has 0 fully saturated rings. The lowest BCUT2D eigenvalue weighted by molar-refractivity contribution is 0.690. The van der Waals surface area contributed by atoms with Crippen LogP contribution in [0.2, 0.25) is 10.0 Å². The predicted molar refractivity (Wildman–Crippen MR) is 92.3 cm³/mol. The summed E-state index contributed by atoms with van der Waals surface area (Å²) in [4.78, 5) is 0. The van der Waals surface area contributed by atoms with Crippen molar-refractivity contribution in [2.75, 3.05) is 11.9 Å². The van der Waals surface area contributed by atoms with Crippen molar-refractivity contribution in [2.45, 2.75) is 19.9 Å². The number of anilines is 1. The average molecular weight is 343 g/mol. The molecule has 7 heteroatoms. The quantitative estimate of drug-likeness (QED) is 0.807. The van der Waals surface area contributed by atoms with E-state index in [4.69, 9.17) is 35.4 Å². The standard InChI is InChI=1S/C14H16Cl2N4S/c1-2-7-17-14(21)18-13-12(16)9-20(19-13)8-10-3-5-11(15)6-4-10/h3-6,9H,2,7-8H2,1H3,(H2,17,18,19,21). The van der Waals surface area contributed by atoms with Crippen molar-refractivity contribution in [3.63, 3.8) is 0 Å². The molecule has 1 heterocycles. The first kappa shape index (κ1) is 16.1. The lowest BCUT2D eigenvalue weighted by atomic mass is 10.2. The Balaban J connectivity index is 2.01. The first-order valence-electron chi connectivity index (χ1n) is 6.60. The third-order valence-corrected chi connectivity index (χ3v) is 3.52. The fourth-order valence-electron chi connectivity index (χ4n) is 1.73. The summed E-state index contributed by atoms with van der Waals surface area (Å²) in [6, 6.07) is 7.62. The summed E-state index contributed by atoms with van der Waals surface area (Å²) in [6.45, 7) is 3.51. The number of nitrogens with zero attached hydrogens (tertiary/aromatic N) is 2. The summed E-state index contributed by atoms with van der Waals surface area (Å²) in [5.74, 6) is 0.555. The largest absolute Gasteiger partial charge is 0.362 e. The van der Waals surface area contributed by atoms with Gasteiger partial charge in [-0.15, -0.1) is 0 Å². The Morgan fingerprint density at radius 2 is 2.00 bits per heavy atom. The molecule has 2 N–H and O–H groups in total. The van der Waals surface area contributed by atoms with Crippen molar-refractivity contribution in [2.24, 2.45) is 0 Å². The van der Waals surface area contributed by atoms with E-state index in [1.54, 1.807) is 10.9 Å². The first-order chi connectivity index (χ1) is 10.1. The van der Waals surface area contributed by atoms with E-state index in [0.717, 1.165) is 18.5 Å². The van der Waals surface area contributed by atoms with Gasteiger partial charge in [0, 0.05) is 17.8 Å². The topological polar surface area (TPSA) is 41.9 Å². The lowest BCUT2D eigenvalue weighted by Gasteiger charge is -2.07. The highest BCUT2D eigenvalue weighted by Crippen LogP contribution is 2.20. The number of halogens is 2. The van der Waals surface area contributed by atoms with Gasteiger partial charge >= 0.3 is 0 Å². The summed E-state index contributed by atoms with van der Waals surface area (Å²) >= 11 is 17.2. The highest BCUT2D eigenvalue weighted by Gasteiger charge is 2.08. The maximum atomic E-state index is 6.16. The normalized spacial score (nSPS) is 10.4. The van der Waals surface area contributed by atoms with Crippen LogP contribution in [0.5, 0.6) is 0 Å². The number of aromatic nitrogens is 2. The third-order valence-electron chi connectivity index (χ3n) is 2.74. The highest BCUT2D eigenvalue weighted by molar-refractivity contribution is 7.80. The maximum Gasteiger partial charge on any atom is 0.173 e. The molecule has 0 aliphatic rings. The van der Waals surface area contributed by atoms with E-state index in [-0.39, 0.29) is 0 Å². The Morgan fingerprint density at radius 3 is 2.67 bits per heavy atom. The minimum Gasteiger partial charge on any atom is -0.362 e. The van der Waals surface area contributed by atoms with Gasteiger partial charge in [-0.1, -0.05) is 42.3 Å². The lowest BCUT2D eigenvalue weighted by Crippen LogP contribution is -2.29. The molecule has 0 saturated carbocycles. The summed E-state index contributed by atoms with van der Waals surface area (Å²) in [7, 11) is 0. The van der Waals surface area contributed by atoms with Gasteiger partial charge in [0.05, 0.1) is 6.54 Å². The van der Waals surface area contributed by atoms with Crippen LogP contribution < -0.4 is 10.6 Å². The molecule has 2 aromatic rings. The first-order valence-corrected chi connectivity index (χ1v) is 7.77. The molecule has 0 aliphatic carbocycles. The van der Waals surface area contributed by atoms with Gasteiger partial charge in [0.1, 0.15) is 5.02 Å². The van der Waals surface area contributed by atoms with Crippen LogP contribution in [0, 0.1) is 0 Å². The molecule has 1 aromatic heterocycles. The van der Waals surface area contributed by atoms with Crippen LogP contribution in [-0.4, -0.2) is 21.4 Å². The van der Waals surface area contributed by atoms with E-state index >= 15 is 0 Å². The van der Waals surface area contributed by atoms with Crippen molar-refractivity contribution in [3.05, 3.63) is 46.1 Å². The second-order valence-electron chi connectivity index (χ2n) is 4.53. The van der Waals surface area contributed by atoms with E-state index in [2.05, 4.69) is 22.7 Å². The van der Waals surface area contributed by atoms with Gasteiger partial charge in [-0.05, 0) is 36.3 Å². The summed E-state index contributed by atoms with van der Waals surface area (Å²) in [6.07, 6.45) is 2.77. The zero-order valence-electron chi connectivity index (χ0n) is 11.6. The zero-order valence-corrected chi connectivity index (χ0v) is 13.9. The molecular weight excluding hydrogens is 327 g/mol. The molecule has 0 radical (unpaired) electrons. The van der Waals surface area contributed by atoms with Crippen molar-refractivity contribution in [3.8, 4) is 0 Å². The molecule has 21 heavy (non-hydrogen) atoms. The molecule has 0 bridgehead atoms. The molecule has 0 saturated heterocycles. The van der Waals surface area contributed by atoms with Crippen LogP contribution in [-0.2, 0) is 6.54 Å². The van der Waals surface area contributed by atoms with E-state index in [0.29, 0.717) is 27.5 Å². The van der Waals surface area contributed by atoms with E-state index < -0.39 is 0 Å². The van der Waals surface area contributed by atoms with Crippen LogP contribution >= 0.6 is 35.4 Å². The Bertz CT molecular complexity index is 610. The van der Waals surface area contributed by atoms with Crippen LogP contribution in [0.4, 0.5) is 5.82 Å². The molecule has 0 amide bonds. The second kappa shape index (κ2) is 7.64. The zero-order chi connectivity index (χ0) is 15.2. The summed E-state index contributed by atoms with van der Waals surface area (Å²) in [5, 5.41) is 12.2. The minimum atomic E-state index is 0.524. The van der Waals surface area contributed by atoms with Gasteiger partial charge in [-0.25, -0.2) is 0 Å². The molecular formula is C14H16Cl2N4S. The van der Waals surface area contributed by atoms with Crippen molar-refractivity contribution in [1.82, 2.24) is 15.1 Å². The van der Waals surface area contributed by atoms with Crippen LogP contribution in [0.15, 0.2) is 30.5 Å².